The molecule has 2 aromatic heterocycles. The molecule has 0 aliphatic heterocycles. The van der Waals surface area contributed by atoms with Crippen LogP contribution in [0.4, 0.5) is 0 Å². The van der Waals surface area contributed by atoms with Gasteiger partial charge < -0.3 is 0 Å². The van der Waals surface area contributed by atoms with Crippen molar-refractivity contribution in [3.63, 3.8) is 0 Å². The molecule has 0 saturated carbocycles. The summed E-state index contributed by atoms with van der Waals surface area (Å²) in [5.74, 6) is 0.590. The topological polar surface area (TPSA) is 47.8 Å². The maximum absolute atomic E-state index is 13.2. The molecule has 126 valence electrons. The Morgan fingerprint density at radius 1 is 0.923 bits per heavy atom. The lowest BCUT2D eigenvalue weighted by atomic mass is 10.1. The zero-order chi connectivity index (χ0) is 17.9. The van der Waals surface area contributed by atoms with Crippen LogP contribution in [0.25, 0.3) is 28.7 Å². The highest BCUT2D eigenvalue weighted by molar-refractivity contribution is 5.80. The van der Waals surface area contributed by atoms with Crippen molar-refractivity contribution in [3.8, 4) is 5.69 Å². The van der Waals surface area contributed by atoms with E-state index < -0.39 is 0 Å². The van der Waals surface area contributed by atoms with Gasteiger partial charge in [0.2, 0.25) is 0 Å². The number of rotatable bonds is 3. The van der Waals surface area contributed by atoms with Gasteiger partial charge in [0.1, 0.15) is 5.82 Å². The maximum Gasteiger partial charge on any atom is 0.266 e. The molecule has 0 radical (unpaired) electrons. The van der Waals surface area contributed by atoms with Crippen LogP contribution in [0.5, 0.6) is 0 Å². The molecular weight excluding hydrogens is 322 g/mol. The zero-order valence-electron chi connectivity index (χ0n) is 14.3. The smallest absolute Gasteiger partial charge is 0.266 e. The molecule has 0 N–H and O–H groups in total. The molecule has 0 bridgehead atoms. The largest absolute Gasteiger partial charge is 0.268 e. The van der Waals surface area contributed by atoms with E-state index in [1.54, 1.807) is 17.0 Å². The average molecular weight is 339 g/mol. The van der Waals surface area contributed by atoms with E-state index in [4.69, 9.17) is 4.98 Å². The fraction of sp³-hybridized carbons (Fsp3) is 0.0455. The van der Waals surface area contributed by atoms with Gasteiger partial charge in [-0.15, -0.1) is 0 Å². The van der Waals surface area contributed by atoms with Gasteiger partial charge in [-0.1, -0.05) is 36.4 Å². The van der Waals surface area contributed by atoms with Crippen molar-refractivity contribution in [1.29, 1.82) is 0 Å². The van der Waals surface area contributed by atoms with Gasteiger partial charge in [0.05, 0.1) is 16.6 Å². The molecule has 0 fully saturated rings. The number of benzene rings is 2. The summed E-state index contributed by atoms with van der Waals surface area (Å²) in [6, 6.07) is 19.1. The second kappa shape index (κ2) is 6.76. The van der Waals surface area contributed by atoms with E-state index in [1.165, 1.54) is 0 Å². The highest BCUT2D eigenvalue weighted by Gasteiger charge is 2.12. The SMILES string of the molecule is Cc1ccccc1-n1c(/C=C\c2cccnc2)nc2ccccc2c1=O. The molecule has 0 aliphatic rings. The summed E-state index contributed by atoms with van der Waals surface area (Å²) in [6.07, 6.45) is 7.28. The predicted molar refractivity (Wildman–Crippen MR) is 105 cm³/mol. The zero-order valence-corrected chi connectivity index (χ0v) is 14.3. The highest BCUT2D eigenvalue weighted by Crippen LogP contribution is 2.17. The van der Waals surface area contributed by atoms with Gasteiger partial charge in [0, 0.05) is 12.4 Å². The third-order valence-corrected chi connectivity index (χ3v) is 4.27. The van der Waals surface area contributed by atoms with E-state index in [9.17, 15) is 4.79 Å². The van der Waals surface area contributed by atoms with Crippen molar-refractivity contribution in [2.75, 3.05) is 0 Å². The van der Waals surface area contributed by atoms with Crippen LogP contribution in [-0.2, 0) is 0 Å². The Hall–Kier alpha value is -3.53. The minimum atomic E-state index is -0.0734. The van der Waals surface area contributed by atoms with Gasteiger partial charge in [-0.2, -0.15) is 0 Å². The number of fused-ring (bicyclic) bond motifs is 1. The Labute approximate surface area is 151 Å². The fourth-order valence-electron chi connectivity index (χ4n) is 2.95. The van der Waals surface area contributed by atoms with E-state index >= 15 is 0 Å². The second-order valence-electron chi connectivity index (χ2n) is 6.03. The Morgan fingerprint density at radius 3 is 2.54 bits per heavy atom. The van der Waals surface area contributed by atoms with Crippen LogP contribution in [0.3, 0.4) is 0 Å². The molecule has 4 heteroatoms. The standard InChI is InChI=1S/C22H17N3O/c1-16-7-2-5-11-20(16)25-21(13-12-17-8-6-14-23-15-17)24-19-10-4-3-9-18(19)22(25)26/h2-15H,1H3/b13-12-. The van der Waals surface area contributed by atoms with Crippen LogP contribution >= 0.6 is 0 Å². The Kier molecular flexibility index (Phi) is 4.15. The monoisotopic (exact) mass is 339 g/mol. The average Bonchev–Trinajstić information content (AvgIpc) is 2.68. The van der Waals surface area contributed by atoms with Crippen LogP contribution in [0.15, 0.2) is 77.9 Å². The number of aromatic nitrogens is 3. The van der Waals surface area contributed by atoms with Gasteiger partial charge in [-0.05, 0) is 54.5 Å². The van der Waals surface area contributed by atoms with Crippen LogP contribution in [0.2, 0.25) is 0 Å². The van der Waals surface area contributed by atoms with Crippen molar-refractivity contribution >= 4 is 23.1 Å². The lowest BCUT2D eigenvalue weighted by Gasteiger charge is -2.13. The number of hydrogen-bond acceptors (Lipinski definition) is 3. The van der Waals surface area contributed by atoms with E-state index in [0.29, 0.717) is 16.7 Å². The first-order valence-corrected chi connectivity index (χ1v) is 8.40. The van der Waals surface area contributed by atoms with Gasteiger partial charge in [-0.3, -0.25) is 14.3 Å². The van der Waals surface area contributed by atoms with E-state index in [1.807, 2.05) is 79.7 Å². The first-order valence-electron chi connectivity index (χ1n) is 8.40. The summed E-state index contributed by atoms with van der Waals surface area (Å²) in [6.45, 7) is 1.99. The van der Waals surface area contributed by atoms with Gasteiger partial charge in [0.15, 0.2) is 0 Å². The third kappa shape index (κ3) is 2.93. The van der Waals surface area contributed by atoms with Crippen LogP contribution < -0.4 is 5.56 Å². The van der Waals surface area contributed by atoms with E-state index in [2.05, 4.69) is 4.98 Å². The molecule has 2 heterocycles. The first-order chi connectivity index (χ1) is 12.7. The molecule has 0 amide bonds. The molecule has 0 unspecified atom stereocenters. The molecule has 0 aliphatic carbocycles. The summed E-state index contributed by atoms with van der Waals surface area (Å²) >= 11 is 0. The van der Waals surface area contributed by atoms with Crippen molar-refractivity contribution in [2.45, 2.75) is 6.92 Å². The Bertz CT molecular complexity index is 1160. The van der Waals surface area contributed by atoms with Crippen molar-refractivity contribution in [1.82, 2.24) is 14.5 Å². The number of pyridine rings is 1. The molecule has 0 atom stereocenters. The van der Waals surface area contributed by atoms with Crippen LogP contribution in [-0.4, -0.2) is 14.5 Å². The molecule has 4 nitrogen and oxygen atoms in total. The lowest BCUT2D eigenvalue weighted by molar-refractivity contribution is 0.934. The highest BCUT2D eigenvalue weighted by atomic mass is 16.1. The summed E-state index contributed by atoms with van der Waals surface area (Å²) in [7, 11) is 0. The van der Waals surface area contributed by atoms with Crippen LogP contribution in [0, 0.1) is 6.92 Å². The Balaban J connectivity index is 1.99. The molecule has 26 heavy (non-hydrogen) atoms. The van der Waals surface area contributed by atoms with Crippen molar-refractivity contribution in [2.24, 2.45) is 0 Å². The molecular formula is C22H17N3O. The van der Waals surface area contributed by atoms with Crippen LogP contribution in [0.1, 0.15) is 17.0 Å². The number of nitrogens with zero attached hydrogens (tertiary/aromatic N) is 3. The summed E-state index contributed by atoms with van der Waals surface area (Å²) < 4.78 is 1.67. The molecule has 0 spiro atoms. The van der Waals surface area contributed by atoms with Crippen molar-refractivity contribution in [3.05, 3.63) is 100 Å². The Morgan fingerprint density at radius 2 is 1.73 bits per heavy atom. The van der Waals surface area contributed by atoms with Gasteiger partial charge in [0.25, 0.3) is 5.56 Å². The lowest BCUT2D eigenvalue weighted by Crippen LogP contribution is -2.23. The summed E-state index contributed by atoms with van der Waals surface area (Å²) in [4.78, 5) is 22.0. The fourth-order valence-corrected chi connectivity index (χ4v) is 2.95. The number of hydrogen-bond donors (Lipinski definition) is 0. The van der Waals surface area contributed by atoms with Crippen molar-refractivity contribution < 1.29 is 0 Å². The van der Waals surface area contributed by atoms with E-state index in [0.717, 1.165) is 16.8 Å². The van der Waals surface area contributed by atoms with Gasteiger partial charge >= 0.3 is 0 Å². The molecule has 4 aromatic rings. The molecule has 4 rings (SSSR count). The first kappa shape index (κ1) is 16.0. The molecule has 2 aromatic carbocycles. The minimum absolute atomic E-state index is 0.0734. The second-order valence-corrected chi connectivity index (χ2v) is 6.03. The maximum atomic E-state index is 13.2. The quantitative estimate of drug-likeness (QED) is 0.560. The number of para-hydroxylation sites is 2. The minimum Gasteiger partial charge on any atom is -0.268 e. The predicted octanol–water partition coefficient (Wildman–Crippen LogP) is 4.26. The normalized spacial score (nSPS) is 11.3. The summed E-state index contributed by atoms with van der Waals surface area (Å²) in [5.41, 5.74) is 3.42. The number of aryl methyl sites for hydroxylation is 1. The van der Waals surface area contributed by atoms with E-state index in [-0.39, 0.29) is 5.56 Å². The third-order valence-electron chi connectivity index (χ3n) is 4.27. The van der Waals surface area contributed by atoms with Gasteiger partial charge in [-0.25, -0.2) is 4.98 Å². The summed E-state index contributed by atoms with van der Waals surface area (Å²) in [5, 5.41) is 0.606. The molecule has 0 saturated heterocycles.